The fourth-order valence-corrected chi connectivity index (χ4v) is 2.81. The molecule has 2 rings (SSSR count). The minimum Gasteiger partial charge on any atom is -0.504 e. The second-order valence-corrected chi connectivity index (χ2v) is 5.22. The van der Waals surface area contributed by atoms with Crippen LogP contribution >= 0.6 is 0 Å². The molecule has 6 heteroatoms. The van der Waals surface area contributed by atoms with Gasteiger partial charge in [-0.2, -0.15) is 0 Å². The van der Waals surface area contributed by atoms with Crippen LogP contribution in [0.4, 0.5) is 0 Å². The van der Waals surface area contributed by atoms with Crippen molar-refractivity contribution in [2.75, 3.05) is 27.2 Å². The highest BCUT2D eigenvalue weighted by Crippen LogP contribution is 2.39. The van der Waals surface area contributed by atoms with E-state index in [4.69, 9.17) is 15.6 Å². The number of hydrogen-bond donors (Lipinski definition) is 3. The van der Waals surface area contributed by atoms with Crippen molar-refractivity contribution in [3.05, 3.63) is 23.3 Å². The first-order valence-corrected chi connectivity index (χ1v) is 6.52. The molecule has 0 amide bonds. The van der Waals surface area contributed by atoms with Gasteiger partial charge >= 0.3 is 5.97 Å². The van der Waals surface area contributed by atoms with Gasteiger partial charge in [-0.3, -0.25) is 4.90 Å². The van der Waals surface area contributed by atoms with Crippen molar-refractivity contribution in [1.82, 2.24) is 4.90 Å². The summed E-state index contributed by atoms with van der Waals surface area (Å²) in [5, 5.41) is 19.0. The Morgan fingerprint density at radius 3 is 2.75 bits per heavy atom. The number of likely N-dealkylation sites (tertiary alicyclic amines) is 1. The van der Waals surface area contributed by atoms with Crippen LogP contribution in [-0.2, 0) is 0 Å². The summed E-state index contributed by atoms with van der Waals surface area (Å²) in [5.74, 6) is -0.916. The average molecular weight is 280 g/mol. The molecular weight excluding hydrogens is 260 g/mol. The topological polar surface area (TPSA) is 96.0 Å². The zero-order valence-corrected chi connectivity index (χ0v) is 11.7. The number of methoxy groups -OCH3 is 1. The van der Waals surface area contributed by atoms with Crippen LogP contribution in [0.1, 0.15) is 28.4 Å². The van der Waals surface area contributed by atoms with E-state index in [0.717, 1.165) is 18.5 Å². The second-order valence-electron chi connectivity index (χ2n) is 5.22. The summed E-state index contributed by atoms with van der Waals surface area (Å²) >= 11 is 0. The molecule has 110 valence electrons. The Morgan fingerprint density at radius 2 is 2.25 bits per heavy atom. The molecule has 2 unspecified atom stereocenters. The second kappa shape index (κ2) is 5.68. The van der Waals surface area contributed by atoms with Gasteiger partial charge < -0.3 is 20.7 Å². The molecule has 1 saturated heterocycles. The van der Waals surface area contributed by atoms with Crippen molar-refractivity contribution in [3.8, 4) is 11.5 Å². The Morgan fingerprint density at radius 1 is 1.55 bits per heavy atom. The third-order valence-corrected chi connectivity index (χ3v) is 3.90. The number of carboxylic acid groups (broad SMARTS) is 1. The summed E-state index contributed by atoms with van der Waals surface area (Å²) in [6, 6.07) is 3.30. The highest BCUT2D eigenvalue weighted by atomic mass is 16.5. The molecule has 0 saturated carbocycles. The van der Waals surface area contributed by atoms with Crippen LogP contribution in [0.2, 0.25) is 0 Å². The van der Waals surface area contributed by atoms with Gasteiger partial charge in [0.05, 0.1) is 7.11 Å². The maximum absolute atomic E-state index is 11.2. The number of benzene rings is 1. The molecule has 1 heterocycles. The Hall–Kier alpha value is -1.79. The standard InChI is InChI=1S/C14H20N2O4/c1-16-7-8(6-15)3-11(16)9-4-10(14(18)19)13(17)12(5-9)20-2/h4-5,8,11,17H,3,6-7,15H2,1-2H3,(H,18,19). The highest BCUT2D eigenvalue weighted by Gasteiger charge is 2.31. The Kier molecular flexibility index (Phi) is 4.15. The van der Waals surface area contributed by atoms with Crippen molar-refractivity contribution in [2.24, 2.45) is 11.7 Å². The highest BCUT2D eigenvalue weighted by molar-refractivity contribution is 5.92. The monoisotopic (exact) mass is 280 g/mol. The summed E-state index contributed by atoms with van der Waals surface area (Å²) in [7, 11) is 3.39. The van der Waals surface area contributed by atoms with Crippen molar-refractivity contribution in [3.63, 3.8) is 0 Å². The quantitative estimate of drug-likeness (QED) is 0.763. The van der Waals surface area contributed by atoms with E-state index in [0.29, 0.717) is 12.5 Å². The van der Waals surface area contributed by atoms with Crippen LogP contribution < -0.4 is 10.5 Å². The van der Waals surface area contributed by atoms with E-state index in [-0.39, 0.29) is 23.1 Å². The van der Waals surface area contributed by atoms with E-state index in [1.165, 1.54) is 13.2 Å². The number of nitrogens with two attached hydrogens (primary N) is 1. The minimum atomic E-state index is -1.17. The summed E-state index contributed by atoms with van der Waals surface area (Å²) in [5.41, 5.74) is 6.40. The molecule has 1 aliphatic heterocycles. The molecular formula is C14H20N2O4. The van der Waals surface area contributed by atoms with Crippen molar-refractivity contribution < 1.29 is 19.7 Å². The maximum Gasteiger partial charge on any atom is 0.339 e. The number of hydrogen-bond acceptors (Lipinski definition) is 5. The number of phenols is 1. The molecule has 1 aromatic rings. The van der Waals surface area contributed by atoms with E-state index < -0.39 is 5.97 Å². The number of aromatic hydroxyl groups is 1. The predicted molar refractivity (Wildman–Crippen MR) is 74.2 cm³/mol. The van der Waals surface area contributed by atoms with Crippen LogP contribution in [-0.4, -0.2) is 48.3 Å². The summed E-state index contributed by atoms with van der Waals surface area (Å²) < 4.78 is 5.07. The molecule has 0 radical (unpaired) electrons. The fraction of sp³-hybridized carbons (Fsp3) is 0.500. The minimum absolute atomic E-state index is 0.0937. The van der Waals surface area contributed by atoms with Crippen molar-refractivity contribution in [1.29, 1.82) is 0 Å². The van der Waals surface area contributed by atoms with Crippen LogP contribution in [0.25, 0.3) is 0 Å². The fourth-order valence-electron chi connectivity index (χ4n) is 2.81. The van der Waals surface area contributed by atoms with E-state index >= 15 is 0 Å². The molecule has 0 bridgehead atoms. The van der Waals surface area contributed by atoms with Crippen LogP contribution in [0.3, 0.4) is 0 Å². The first kappa shape index (κ1) is 14.6. The van der Waals surface area contributed by atoms with Gasteiger partial charge in [-0.05, 0) is 43.6 Å². The molecule has 6 nitrogen and oxygen atoms in total. The molecule has 4 N–H and O–H groups in total. The number of carboxylic acids is 1. The largest absolute Gasteiger partial charge is 0.504 e. The first-order chi connectivity index (χ1) is 9.47. The van der Waals surface area contributed by atoms with Gasteiger partial charge in [-0.1, -0.05) is 0 Å². The Balaban J connectivity index is 2.42. The first-order valence-electron chi connectivity index (χ1n) is 6.52. The molecule has 0 spiro atoms. The van der Waals surface area contributed by atoms with Crippen LogP contribution in [0.15, 0.2) is 12.1 Å². The van der Waals surface area contributed by atoms with Crippen molar-refractivity contribution >= 4 is 5.97 Å². The summed E-state index contributed by atoms with van der Waals surface area (Å²) in [4.78, 5) is 13.4. The molecule has 1 aromatic carbocycles. The Bertz CT molecular complexity index is 518. The van der Waals surface area contributed by atoms with Crippen molar-refractivity contribution in [2.45, 2.75) is 12.5 Å². The molecule has 1 fully saturated rings. The van der Waals surface area contributed by atoms with E-state index in [1.54, 1.807) is 6.07 Å². The lowest BCUT2D eigenvalue weighted by atomic mass is 9.97. The summed E-state index contributed by atoms with van der Waals surface area (Å²) in [6.07, 6.45) is 0.875. The smallest absolute Gasteiger partial charge is 0.339 e. The SMILES string of the molecule is COc1cc(C2CC(CN)CN2C)cc(C(=O)O)c1O. The van der Waals surface area contributed by atoms with Crippen LogP contribution in [0, 0.1) is 5.92 Å². The van der Waals surface area contributed by atoms with Gasteiger partial charge in [0.15, 0.2) is 11.5 Å². The zero-order valence-electron chi connectivity index (χ0n) is 11.7. The van der Waals surface area contributed by atoms with Gasteiger partial charge in [-0.25, -0.2) is 4.79 Å². The lowest BCUT2D eigenvalue weighted by molar-refractivity contribution is 0.0692. The summed E-state index contributed by atoms with van der Waals surface area (Å²) in [6.45, 7) is 1.49. The van der Waals surface area contributed by atoms with E-state index in [2.05, 4.69) is 4.90 Å². The van der Waals surface area contributed by atoms with Gasteiger partial charge in [0.2, 0.25) is 0 Å². The predicted octanol–water partition coefficient (Wildman–Crippen LogP) is 1.05. The maximum atomic E-state index is 11.2. The molecule has 1 aliphatic rings. The number of aromatic carboxylic acids is 1. The van der Waals surface area contributed by atoms with E-state index in [1.807, 2.05) is 7.05 Å². The zero-order chi connectivity index (χ0) is 14.9. The number of carbonyl (C=O) groups is 1. The average Bonchev–Trinajstić information content (AvgIpc) is 2.80. The number of nitrogens with zero attached hydrogens (tertiary/aromatic N) is 1. The third-order valence-electron chi connectivity index (χ3n) is 3.90. The number of rotatable bonds is 4. The lowest BCUT2D eigenvalue weighted by Crippen LogP contribution is -2.20. The van der Waals surface area contributed by atoms with E-state index in [9.17, 15) is 9.90 Å². The molecule has 2 atom stereocenters. The van der Waals surface area contributed by atoms with Gasteiger partial charge in [-0.15, -0.1) is 0 Å². The van der Waals surface area contributed by atoms with Gasteiger partial charge in [0.25, 0.3) is 0 Å². The molecule has 20 heavy (non-hydrogen) atoms. The number of ether oxygens (including phenoxy) is 1. The third kappa shape index (κ3) is 2.57. The van der Waals surface area contributed by atoms with Gasteiger partial charge in [0, 0.05) is 12.6 Å². The molecule has 0 aliphatic carbocycles. The lowest BCUT2D eigenvalue weighted by Gasteiger charge is -2.21. The Labute approximate surface area is 117 Å². The molecule has 0 aromatic heterocycles. The van der Waals surface area contributed by atoms with Crippen LogP contribution in [0.5, 0.6) is 11.5 Å². The van der Waals surface area contributed by atoms with Gasteiger partial charge in [0.1, 0.15) is 5.56 Å². The normalized spacial score (nSPS) is 22.9.